The summed E-state index contributed by atoms with van der Waals surface area (Å²) in [7, 11) is 3.27. The Labute approximate surface area is 111 Å². The molecule has 0 aromatic heterocycles. The number of rotatable bonds is 4. The van der Waals surface area contributed by atoms with Crippen LogP contribution in [0, 0.1) is 11.6 Å². The lowest BCUT2D eigenvalue weighted by Crippen LogP contribution is -2.07. The van der Waals surface area contributed by atoms with Crippen LogP contribution in [0.2, 0.25) is 0 Å². The molecule has 2 nitrogen and oxygen atoms in total. The molecule has 4 heteroatoms. The quantitative estimate of drug-likeness (QED) is 0.913. The van der Waals surface area contributed by atoms with Gasteiger partial charge >= 0.3 is 0 Å². The van der Waals surface area contributed by atoms with Crippen LogP contribution in [0.15, 0.2) is 36.4 Å². The minimum absolute atomic E-state index is 0.284. The first-order valence-corrected chi connectivity index (χ1v) is 5.92. The van der Waals surface area contributed by atoms with Gasteiger partial charge < -0.3 is 10.1 Å². The van der Waals surface area contributed by atoms with Gasteiger partial charge in [-0.1, -0.05) is 6.07 Å². The molecule has 0 saturated carbocycles. The highest BCUT2D eigenvalue weighted by molar-refractivity contribution is 5.71. The monoisotopic (exact) mass is 263 g/mol. The van der Waals surface area contributed by atoms with E-state index in [1.165, 1.54) is 25.3 Å². The third-order valence-corrected chi connectivity index (χ3v) is 2.89. The summed E-state index contributed by atoms with van der Waals surface area (Å²) in [4.78, 5) is 0. The zero-order valence-corrected chi connectivity index (χ0v) is 10.8. The smallest absolute Gasteiger partial charge is 0.127 e. The standard InChI is InChI=1S/C15H15F2NO/c1-18-9-11-7-10(3-5-14(11)17)13-8-12(16)4-6-15(13)19-2/h3-8,18H,9H2,1-2H3. The van der Waals surface area contributed by atoms with E-state index in [9.17, 15) is 8.78 Å². The van der Waals surface area contributed by atoms with Crippen LogP contribution in [-0.2, 0) is 6.54 Å². The van der Waals surface area contributed by atoms with Crippen molar-refractivity contribution in [3.63, 3.8) is 0 Å². The molecule has 0 bridgehead atoms. The van der Waals surface area contributed by atoms with E-state index in [2.05, 4.69) is 5.32 Å². The normalized spacial score (nSPS) is 10.5. The van der Waals surface area contributed by atoms with Gasteiger partial charge in [0.15, 0.2) is 0 Å². The van der Waals surface area contributed by atoms with Gasteiger partial charge in [0, 0.05) is 17.7 Å². The van der Waals surface area contributed by atoms with Gasteiger partial charge in [-0.3, -0.25) is 0 Å². The second-order valence-electron chi connectivity index (χ2n) is 4.18. The van der Waals surface area contributed by atoms with Gasteiger partial charge in [-0.05, 0) is 42.9 Å². The van der Waals surface area contributed by atoms with Crippen LogP contribution < -0.4 is 10.1 Å². The van der Waals surface area contributed by atoms with E-state index in [1.807, 2.05) is 0 Å². The number of hydrogen-bond donors (Lipinski definition) is 1. The van der Waals surface area contributed by atoms with E-state index < -0.39 is 0 Å². The van der Waals surface area contributed by atoms with Crippen molar-refractivity contribution in [2.24, 2.45) is 0 Å². The van der Waals surface area contributed by atoms with Crippen molar-refractivity contribution in [3.8, 4) is 16.9 Å². The summed E-state index contributed by atoms with van der Waals surface area (Å²) in [6, 6.07) is 8.97. The minimum atomic E-state index is -0.352. The molecule has 19 heavy (non-hydrogen) atoms. The van der Waals surface area contributed by atoms with Crippen molar-refractivity contribution in [1.82, 2.24) is 5.32 Å². The van der Waals surface area contributed by atoms with Crippen LogP contribution in [0.3, 0.4) is 0 Å². The lowest BCUT2D eigenvalue weighted by Gasteiger charge is -2.11. The largest absolute Gasteiger partial charge is 0.496 e. The molecule has 0 radical (unpaired) electrons. The molecule has 2 aromatic carbocycles. The van der Waals surface area contributed by atoms with Crippen LogP contribution in [0.25, 0.3) is 11.1 Å². The molecule has 0 fully saturated rings. The number of benzene rings is 2. The Balaban J connectivity index is 2.52. The second kappa shape index (κ2) is 5.80. The van der Waals surface area contributed by atoms with E-state index in [0.717, 1.165) is 5.56 Å². The molecule has 100 valence electrons. The first kappa shape index (κ1) is 13.5. The summed E-state index contributed by atoms with van der Waals surface area (Å²) in [5.41, 5.74) is 1.87. The van der Waals surface area contributed by atoms with Crippen molar-refractivity contribution >= 4 is 0 Å². The fraction of sp³-hybridized carbons (Fsp3) is 0.200. The Morgan fingerprint density at radius 3 is 2.58 bits per heavy atom. The van der Waals surface area contributed by atoms with Crippen LogP contribution in [-0.4, -0.2) is 14.2 Å². The average molecular weight is 263 g/mol. The first-order chi connectivity index (χ1) is 9.15. The molecule has 2 aromatic rings. The third kappa shape index (κ3) is 2.90. The predicted octanol–water partition coefficient (Wildman–Crippen LogP) is 3.36. The molecular formula is C15H15F2NO. The van der Waals surface area contributed by atoms with E-state index in [1.54, 1.807) is 25.2 Å². The summed E-state index contributed by atoms with van der Waals surface area (Å²) in [6.45, 7) is 0.414. The van der Waals surface area contributed by atoms with Gasteiger partial charge in [0.25, 0.3) is 0 Å². The van der Waals surface area contributed by atoms with Gasteiger partial charge in [-0.25, -0.2) is 8.78 Å². The Hall–Kier alpha value is -1.94. The first-order valence-electron chi connectivity index (χ1n) is 5.92. The summed E-state index contributed by atoms with van der Waals surface area (Å²) in [6.07, 6.45) is 0. The molecule has 1 N–H and O–H groups in total. The number of ether oxygens (including phenoxy) is 1. The van der Waals surface area contributed by atoms with Gasteiger partial charge in [0.2, 0.25) is 0 Å². The maximum absolute atomic E-state index is 13.6. The number of nitrogens with one attached hydrogen (secondary N) is 1. The van der Waals surface area contributed by atoms with Crippen molar-refractivity contribution in [3.05, 3.63) is 53.6 Å². The fourth-order valence-electron chi connectivity index (χ4n) is 1.97. The molecule has 0 aliphatic carbocycles. The van der Waals surface area contributed by atoms with Crippen molar-refractivity contribution in [2.75, 3.05) is 14.2 Å². The van der Waals surface area contributed by atoms with Gasteiger partial charge in [-0.2, -0.15) is 0 Å². The average Bonchev–Trinajstić information content (AvgIpc) is 2.41. The number of methoxy groups -OCH3 is 1. The summed E-state index contributed by atoms with van der Waals surface area (Å²) in [5, 5.41) is 2.90. The van der Waals surface area contributed by atoms with Gasteiger partial charge in [-0.15, -0.1) is 0 Å². The Bertz CT molecular complexity index is 584. The molecule has 2 rings (SSSR count). The highest BCUT2D eigenvalue weighted by Crippen LogP contribution is 2.31. The van der Waals surface area contributed by atoms with Crippen LogP contribution >= 0.6 is 0 Å². The van der Waals surface area contributed by atoms with Crippen LogP contribution in [0.1, 0.15) is 5.56 Å². The van der Waals surface area contributed by atoms with Gasteiger partial charge in [0.1, 0.15) is 17.4 Å². The predicted molar refractivity (Wildman–Crippen MR) is 71.1 cm³/mol. The second-order valence-corrected chi connectivity index (χ2v) is 4.18. The summed E-state index contributed by atoms with van der Waals surface area (Å²) in [5.74, 6) is -0.0767. The number of halogens is 2. The lowest BCUT2D eigenvalue weighted by molar-refractivity contribution is 0.415. The zero-order chi connectivity index (χ0) is 13.8. The summed E-state index contributed by atoms with van der Waals surface area (Å²) < 4.78 is 32.2. The Morgan fingerprint density at radius 2 is 1.89 bits per heavy atom. The maximum Gasteiger partial charge on any atom is 0.127 e. The molecule has 0 aliphatic rings. The topological polar surface area (TPSA) is 21.3 Å². The Morgan fingerprint density at radius 1 is 1.11 bits per heavy atom. The highest BCUT2D eigenvalue weighted by atomic mass is 19.1. The minimum Gasteiger partial charge on any atom is -0.496 e. The summed E-state index contributed by atoms with van der Waals surface area (Å²) >= 11 is 0. The number of hydrogen-bond acceptors (Lipinski definition) is 2. The third-order valence-electron chi connectivity index (χ3n) is 2.89. The molecule has 0 heterocycles. The highest BCUT2D eigenvalue weighted by Gasteiger charge is 2.10. The fourth-order valence-corrected chi connectivity index (χ4v) is 1.97. The van der Waals surface area contributed by atoms with E-state index in [0.29, 0.717) is 23.4 Å². The molecule has 0 aliphatic heterocycles. The zero-order valence-electron chi connectivity index (χ0n) is 10.8. The molecule has 0 unspecified atom stereocenters. The SMILES string of the molecule is CNCc1cc(-c2cc(F)ccc2OC)ccc1F. The van der Waals surface area contributed by atoms with Crippen LogP contribution in [0.5, 0.6) is 5.75 Å². The van der Waals surface area contributed by atoms with Crippen LogP contribution in [0.4, 0.5) is 8.78 Å². The van der Waals surface area contributed by atoms with E-state index in [-0.39, 0.29) is 11.6 Å². The van der Waals surface area contributed by atoms with Crippen molar-refractivity contribution < 1.29 is 13.5 Å². The van der Waals surface area contributed by atoms with Crippen molar-refractivity contribution in [1.29, 1.82) is 0 Å². The Kier molecular flexibility index (Phi) is 4.12. The molecule has 0 spiro atoms. The molecule has 0 saturated heterocycles. The van der Waals surface area contributed by atoms with E-state index >= 15 is 0 Å². The van der Waals surface area contributed by atoms with Crippen molar-refractivity contribution in [2.45, 2.75) is 6.54 Å². The molecular weight excluding hydrogens is 248 g/mol. The van der Waals surface area contributed by atoms with E-state index in [4.69, 9.17) is 4.74 Å². The maximum atomic E-state index is 13.6. The molecule has 0 atom stereocenters. The lowest BCUT2D eigenvalue weighted by atomic mass is 10.0. The van der Waals surface area contributed by atoms with Gasteiger partial charge in [0.05, 0.1) is 7.11 Å². The molecule has 0 amide bonds.